The van der Waals surface area contributed by atoms with Crippen LogP contribution in [0.2, 0.25) is 0 Å². The molecule has 1 aromatic carbocycles. The van der Waals surface area contributed by atoms with E-state index in [1.165, 1.54) is 32.1 Å². The number of hydrogen-bond donors (Lipinski definition) is 0. The van der Waals surface area contributed by atoms with Gasteiger partial charge >= 0.3 is 0 Å². The van der Waals surface area contributed by atoms with Crippen LogP contribution in [-0.4, -0.2) is 20.0 Å². The van der Waals surface area contributed by atoms with E-state index in [0.29, 0.717) is 23.7 Å². The quantitative estimate of drug-likeness (QED) is 0.468. The number of aldehydes is 1. The van der Waals surface area contributed by atoms with Crippen molar-refractivity contribution in [3.05, 3.63) is 23.8 Å². The van der Waals surface area contributed by atoms with Crippen LogP contribution in [0.1, 0.15) is 55.8 Å². The third-order valence-electron chi connectivity index (χ3n) is 3.08. The zero-order chi connectivity index (χ0) is 13.9. The summed E-state index contributed by atoms with van der Waals surface area (Å²) in [6.45, 7) is 2.92. The van der Waals surface area contributed by atoms with Crippen LogP contribution in [-0.2, 0) is 0 Å². The molecule has 19 heavy (non-hydrogen) atoms. The van der Waals surface area contributed by atoms with Gasteiger partial charge in [-0.05, 0) is 24.6 Å². The summed E-state index contributed by atoms with van der Waals surface area (Å²) in [5.41, 5.74) is 0.601. The summed E-state index contributed by atoms with van der Waals surface area (Å²) < 4.78 is 10.9. The lowest BCUT2D eigenvalue weighted by Gasteiger charge is -2.10. The van der Waals surface area contributed by atoms with Gasteiger partial charge in [-0.1, -0.05) is 39.0 Å². The minimum Gasteiger partial charge on any atom is -0.493 e. The highest BCUT2D eigenvalue weighted by molar-refractivity contribution is 5.76. The SMILES string of the molecule is CCCCCCCCOc1ccc(C=O)cc1OC. The smallest absolute Gasteiger partial charge is 0.161 e. The summed E-state index contributed by atoms with van der Waals surface area (Å²) in [7, 11) is 1.58. The zero-order valence-electron chi connectivity index (χ0n) is 12.0. The average molecular weight is 264 g/mol. The van der Waals surface area contributed by atoms with E-state index in [9.17, 15) is 4.79 Å². The summed E-state index contributed by atoms with van der Waals surface area (Å²) in [6, 6.07) is 5.23. The van der Waals surface area contributed by atoms with Gasteiger partial charge in [-0.2, -0.15) is 0 Å². The van der Waals surface area contributed by atoms with Crippen molar-refractivity contribution in [2.24, 2.45) is 0 Å². The molecular formula is C16H24O3. The Kier molecular flexibility index (Phi) is 7.71. The fourth-order valence-electron chi connectivity index (χ4n) is 1.94. The van der Waals surface area contributed by atoms with Crippen LogP contribution in [0.4, 0.5) is 0 Å². The Morgan fingerprint density at radius 3 is 2.47 bits per heavy atom. The Labute approximate surface area is 115 Å². The predicted octanol–water partition coefficient (Wildman–Crippen LogP) is 4.25. The molecule has 0 aliphatic rings. The Bertz CT molecular complexity index is 374. The summed E-state index contributed by atoms with van der Waals surface area (Å²) >= 11 is 0. The highest BCUT2D eigenvalue weighted by Crippen LogP contribution is 2.27. The molecule has 1 rings (SSSR count). The van der Waals surface area contributed by atoms with Gasteiger partial charge in [0.05, 0.1) is 13.7 Å². The molecule has 106 valence electrons. The van der Waals surface area contributed by atoms with E-state index in [1.807, 2.05) is 0 Å². The van der Waals surface area contributed by atoms with Gasteiger partial charge in [-0.15, -0.1) is 0 Å². The van der Waals surface area contributed by atoms with Crippen molar-refractivity contribution in [3.63, 3.8) is 0 Å². The monoisotopic (exact) mass is 264 g/mol. The molecule has 0 saturated heterocycles. The zero-order valence-corrected chi connectivity index (χ0v) is 12.0. The second kappa shape index (κ2) is 9.42. The van der Waals surface area contributed by atoms with Crippen LogP contribution in [0.3, 0.4) is 0 Å². The molecule has 0 aromatic heterocycles. The van der Waals surface area contributed by atoms with Gasteiger partial charge in [0.15, 0.2) is 11.5 Å². The first-order valence-electron chi connectivity index (χ1n) is 7.07. The lowest BCUT2D eigenvalue weighted by atomic mass is 10.1. The number of benzene rings is 1. The summed E-state index contributed by atoms with van der Waals surface area (Å²) in [6.07, 6.45) is 8.25. The van der Waals surface area contributed by atoms with Crippen LogP contribution in [0.5, 0.6) is 11.5 Å². The number of carbonyl (C=O) groups excluding carboxylic acids is 1. The molecule has 0 heterocycles. The average Bonchev–Trinajstić information content (AvgIpc) is 2.46. The molecule has 0 atom stereocenters. The van der Waals surface area contributed by atoms with E-state index >= 15 is 0 Å². The predicted molar refractivity (Wildman–Crippen MR) is 77.3 cm³/mol. The van der Waals surface area contributed by atoms with E-state index in [-0.39, 0.29) is 0 Å². The molecule has 0 aliphatic carbocycles. The van der Waals surface area contributed by atoms with Gasteiger partial charge in [0.2, 0.25) is 0 Å². The van der Waals surface area contributed by atoms with Crippen LogP contribution in [0.25, 0.3) is 0 Å². The number of rotatable bonds is 10. The van der Waals surface area contributed by atoms with Gasteiger partial charge in [-0.25, -0.2) is 0 Å². The first-order chi connectivity index (χ1) is 9.31. The summed E-state index contributed by atoms with van der Waals surface area (Å²) in [5, 5.41) is 0. The Morgan fingerprint density at radius 1 is 1.05 bits per heavy atom. The number of methoxy groups -OCH3 is 1. The lowest BCUT2D eigenvalue weighted by Crippen LogP contribution is -2.00. The molecule has 0 bridgehead atoms. The maximum Gasteiger partial charge on any atom is 0.161 e. The number of carbonyl (C=O) groups is 1. The summed E-state index contributed by atoms with van der Waals surface area (Å²) in [5.74, 6) is 1.33. The van der Waals surface area contributed by atoms with E-state index in [1.54, 1.807) is 25.3 Å². The van der Waals surface area contributed by atoms with Gasteiger partial charge < -0.3 is 9.47 Å². The number of ether oxygens (including phenoxy) is 2. The van der Waals surface area contributed by atoms with Crippen molar-refractivity contribution in [3.8, 4) is 11.5 Å². The van der Waals surface area contributed by atoms with Gasteiger partial charge in [-0.3, -0.25) is 4.79 Å². The third-order valence-corrected chi connectivity index (χ3v) is 3.08. The fraction of sp³-hybridized carbons (Fsp3) is 0.562. The van der Waals surface area contributed by atoms with Crippen LogP contribution in [0, 0.1) is 0 Å². The number of unbranched alkanes of at least 4 members (excludes halogenated alkanes) is 5. The molecule has 0 fully saturated rings. The molecule has 1 aromatic rings. The molecule has 0 aliphatic heterocycles. The topological polar surface area (TPSA) is 35.5 Å². The van der Waals surface area contributed by atoms with Crippen molar-refractivity contribution >= 4 is 6.29 Å². The maximum absolute atomic E-state index is 10.7. The summed E-state index contributed by atoms with van der Waals surface area (Å²) in [4.78, 5) is 10.7. The Hall–Kier alpha value is -1.51. The van der Waals surface area contributed by atoms with E-state index in [4.69, 9.17) is 9.47 Å². The molecule has 0 radical (unpaired) electrons. The van der Waals surface area contributed by atoms with Gasteiger partial charge in [0.25, 0.3) is 0 Å². The Balaban J connectivity index is 2.30. The first-order valence-corrected chi connectivity index (χ1v) is 7.07. The highest BCUT2D eigenvalue weighted by atomic mass is 16.5. The van der Waals surface area contributed by atoms with Crippen LogP contribution < -0.4 is 9.47 Å². The Morgan fingerprint density at radius 2 is 1.79 bits per heavy atom. The van der Waals surface area contributed by atoms with Gasteiger partial charge in [0.1, 0.15) is 6.29 Å². The molecule has 0 saturated carbocycles. The third kappa shape index (κ3) is 5.77. The standard InChI is InChI=1S/C16H24O3/c1-3-4-5-6-7-8-11-19-15-10-9-14(13-17)12-16(15)18-2/h9-10,12-13H,3-8,11H2,1-2H3. The normalized spacial score (nSPS) is 10.2. The lowest BCUT2D eigenvalue weighted by molar-refractivity contribution is 0.112. The van der Waals surface area contributed by atoms with Crippen molar-refractivity contribution in [1.29, 1.82) is 0 Å². The van der Waals surface area contributed by atoms with Crippen molar-refractivity contribution in [2.45, 2.75) is 45.4 Å². The fourth-order valence-corrected chi connectivity index (χ4v) is 1.94. The molecule has 0 amide bonds. The van der Waals surface area contributed by atoms with Crippen LogP contribution >= 0.6 is 0 Å². The van der Waals surface area contributed by atoms with E-state index in [0.717, 1.165) is 12.7 Å². The van der Waals surface area contributed by atoms with Crippen LogP contribution in [0.15, 0.2) is 18.2 Å². The maximum atomic E-state index is 10.7. The first kappa shape index (κ1) is 15.5. The minimum absolute atomic E-state index is 0.601. The molecule has 3 nitrogen and oxygen atoms in total. The van der Waals surface area contributed by atoms with Crippen molar-refractivity contribution < 1.29 is 14.3 Å². The molecule has 0 unspecified atom stereocenters. The van der Waals surface area contributed by atoms with Crippen molar-refractivity contribution in [2.75, 3.05) is 13.7 Å². The number of hydrogen-bond acceptors (Lipinski definition) is 3. The molecule has 3 heteroatoms. The van der Waals surface area contributed by atoms with Crippen molar-refractivity contribution in [1.82, 2.24) is 0 Å². The molecule has 0 N–H and O–H groups in total. The van der Waals surface area contributed by atoms with E-state index in [2.05, 4.69) is 6.92 Å². The van der Waals surface area contributed by atoms with Gasteiger partial charge in [0, 0.05) is 5.56 Å². The largest absolute Gasteiger partial charge is 0.493 e. The highest BCUT2D eigenvalue weighted by Gasteiger charge is 2.05. The second-order valence-electron chi connectivity index (χ2n) is 4.64. The van der Waals surface area contributed by atoms with E-state index < -0.39 is 0 Å². The molecule has 0 spiro atoms. The second-order valence-corrected chi connectivity index (χ2v) is 4.64. The minimum atomic E-state index is 0.601. The molecular weight excluding hydrogens is 240 g/mol.